The molecule has 11 heavy (non-hydrogen) atoms. The highest BCUT2D eigenvalue weighted by Gasteiger charge is 1.89. The second-order valence-corrected chi connectivity index (χ2v) is 2.46. The highest BCUT2D eigenvalue weighted by atomic mass is 16.5. The van der Waals surface area contributed by atoms with Gasteiger partial charge in [0.05, 0.1) is 13.2 Å². The van der Waals surface area contributed by atoms with Gasteiger partial charge in [0.1, 0.15) is 0 Å². The lowest BCUT2D eigenvalue weighted by Crippen LogP contribution is -1.85. The average molecular weight is 154 g/mol. The zero-order valence-corrected chi connectivity index (χ0v) is 7.22. The monoisotopic (exact) mass is 154 g/mol. The summed E-state index contributed by atoms with van der Waals surface area (Å²) in [5.74, 6) is 0. The molecule has 0 bridgehead atoms. The van der Waals surface area contributed by atoms with Crippen molar-refractivity contribution < 1.29 is 4.74 Å². The van der Waals surface area contributed by atoms with Crippen molar-refractivity contribution in [1.29, 1.82) is 0 Å². The maximum atomic E-state index is 5.13. The van der Waals surface area contributed by atoms with Crippen molar-refractivity contribution >= 4 is 0 Å². The Labute approximate surface area is 71.1 Å². The van der Waals surface area contributed by atoms with Crippen molar-refractivity contribution in [2.75, 3.05) is 0 Å². The molecule has 1 heteroatoms. The number of unbranched alkanes of at least 4 members (excludes halogenated alkanes) is 4. The minimum Gasteiger partial charge on any atom is -0.370 e. The fourth-order valence-electron chi connectivity index (χ4n) is 0.659. The minimum atomic E-state index is 0.985. The average Bonchev–Trinajstić information content (AvgIpc) is 2.03. The highest BCUT2D eigenvalue weighted by Crippen LogP contribution is 2.03. The van der Waals surface area contributed by atoms with Crippen LogP contribution in [0.4, 0.5) is 0 Å². The van der Waals surface area contributed by atoms with E-state index < -0.39 is 0 Å². The van der Waals surface area contributed by atoms with Crippen LogP contribution in [0.1, 0.15) is 38.5 Å². The molecule has 64 valence electrons. The van der Waals surface area contributed by atoms with Crippen LogP contribution in [0.5, 0.6) is 0 Å². The van der Waals surface area contributed by atoms with E-state index >= 15 is 0 Å². The molecule has 0 aromatic heterocycles. The molecule has 0 aliphatic carbocycles. The first-order chi connectivity index (χ1) is 5.41. The van der Waals surface area contributed by atoms with Gasteiger partial charge in [-0.15, -0.1) is 0 Å². The van der Waals surface area contributed by atoms with E-state index in [0.717, 1.165) is 38.5 Å². The van der Waals surface area contributed by atoms with E-state index in [1.165, 1.54) is 0 Å². The summed E-state index contributed by atoms with van der Waals surface area (Å²) in [5, 5.41) is 0. The SMILES string of the molecule is [CH2]CCC[CH]O[CH]CCC[CH2]. The van der Waals surface area contributed by atoms with Crippen LogP contribution in [0.2, 0.25) is 0 Å². The van der Waals surface area contributed by atoms with Crippen molar-refractivity contribution in [2.45, 2.75) is 38.5 Å². The molecule has 0 N–H and O–H groups in total. The van der Waals surface area contributed by atoms with E-state index in [1.54, 1.807) is 0 Å². The largest absolute Gasteiger partial charge is 0.370 e. The van der Waals surface area contributed by atoms with Gasteiger partial charge in [0.25, 0.3) is 0 Å². The van der Waals surface area contributed by atoms with Crippen molar-refractivity contribution in [3.05, 3.63) is 27.1 Å². The van der Waals surface area contributed by atoms with E-state index in [2.05, 4.69) is 13.8 Å². The van der Waals surface area contributed by atoms with Gasteiger partial charge in [0, 0.05) is 0 Å². The molecule has 4 radical (unpaired) electrons. The zero-order chi connectivity index (χ0) is 8.36. The third-order valence-corrected chi connectivity index (χ3v) is 1.34. The summed E-state index contributed by atoms with van der Waals surface area (Å²) in [6, 6.07) is 0. The van der Waals surface area contributed by atoms with Crippen LogP contribution in [0.3, 0.4) is 0 Å². The summed E-state index contributed by atoms with van der Waals surface area (Å²) in [6.07, 6.45) is 6.21. The van der Waals surface area contributed by atoms with Crippen LogP contribution < -0.4 is 0 Å². The molecule has 0 aromatic rings. The maximum absolute atomic E-state index is 5.13. The molecule has 0 spiro atoms. The summed E-state index contributed by atoms with van der Waals surface area (Å²) in [7, 11) is 0. The quantitative estimate of drug-likeness (QED) is 0.487. The highest BCUT2D eigenvalue weighted by molar-refractivity contribution is 4.58. The summed E-state index contributed by atoms with van der Waals surface area (Å²) in [5.41, 5.74) is 0. The molecule has 0 saturated heterocycles. The molecule has 0 rings (SSSR count). The van der Waals surface area contributed by atoms with Crippen LogP contribution in [0.25, 0.3) is 0 Å². The van der Waals surface area contributed by atoms with Crippen molar-refractivity contribution in [3.63, 3.8) is 0 Å². The van der Waals surface area contributed by atoms with E-state index in [-0.39, 0.29) is 0 Å². The van der Waals surface area contributed by atoms with Gasteiger partial charge >= 0.3 is 0 Å². The smallest absolute Gasteiger partial charge is 0.0841 e. The van der Waals surface area contributed by atoms with E-state index in [4.69, 9.17) is 4.74 Å². The van der Waals surface area contributed by atoms with Crippen molar-refractivity contribution in [2.24, 2.45) is 0 Å². The van der Waals surface area contributed by atoms with Gasteiger partial charge < -0.3 is 4.74 Å². The fourth-order valence-corrected chi connectivity index (χ4v) is 0.659. The van der Waals surface area contributed by atoms with Gasteiger partial charge in [0.15, 0.2) is 0 Å². The molecular weight excluding hydrogens is 136 g/mol. The first-order valence-electron chi connectivity index (χ1n) is 4.29. The third kappa shape index (κ3) is 9.96. The van der Waals surface area contributed by atoms with E-state index in [1.807, 2.05) is 13.2 Å². The van der Waals surface area contributed by atoms with Gasteiger partial charge in [-0.25, -0.2) is 0 Å². The molecule has 0 saturated carbocycles. The minimum absolute atomic E-state index is 0.985. The Morgan fingerprint density at radius 3 is 1.73 bits per heavy atom. The van der Waals surface area contributed by atoms with E-state index in [9.17, 15) is 0 Å². The van der Waals surface area contributed by atoms with Gasteiger partial charge in [-0.2, -0.15) is 0 Å². The predicted molar refractivity (Wildman–Crippen MR) is 48.1 cm³/mol. The lowest BCUT2D eigenvalue weighted by Gasteiger charge is -2.00. The lowest BCUT2D eigenvalue weighted by atomic mass is 10.2. The van der Waals surface area contributed by atoms with Crippen LogP contribution in [0, 0.1) is 27.1 Å². The summed E-state index contributed by atoms with van der Waals surface area (Å²) < 4.78 is 5.13. The summed E-state index contributed by atoms with van der Waals surface area (Å²) >= 11 is 0. The van der Waals surface area contributed by atoms with Crippen LogP contribution in [-0.2, 0) is 4.74 Å². The Balaban J connectivity index is 2.69. The summed E-state index contributed by atoms with van der Waals surface area (Å²) in [4.78, 5) is 0. The van der Waals surface area contributed by atoms with Crippen molar-refractivity contribution in [1.82, 2.24) is 0 Å². The molecule has 0 heterocycles. The molecule has 0 unspecified atom stereocenters. The standard InChI is InChI=1S/C10H18O/c1-3-5-7-9-11-10-8-6-4-2/h9-10H,1-8H2. The second kappa shape index (κ2) is 9.96. The first kappa shape index (κ1) is 11.0. The topological polar surface area (TPSA) is 9.23 Å². The molecule has 0 amide bonds. The molecule has 0 aliphatic heterocycles. The normalized spacial score (nSPS) is 10.4. The van der Waals surface area contributed by atoms with Crippen molar-refractivity contribution in [3.8, 4) is 0 Å². The Bertz CT molecular complexity index is 53.9. The molecular formula is C10H18O. The molecule has 0 atom stereocenters. The number of rotatable bonds is 8. The van der Waals surface area contributed by atoms with Gasteiger partial charge in [-0.1, -0.05) is 39.5 Å². The summed E-state index contributed by atoms with van der Waals surface area (Å²) in [6.45, 7) is 11.2. The Morgan fingerprint density at radius 1 is 0.909 bits per heavy atom. The Kier molecular flexibility index (Phi) is 9.92. The second-order valence-electron chi connectivity index (χ2n) is 2.46. The number of ether oxygens (including phenoxy) is 1. The van der Waals surface area contributed by atoms with Gasteiger partial charge in [-0.3, -0.25) is 0 Å². The lowest BCUT2D eigenvalue weighted by molar-refractivity contribution is 0.251. The molecule has 0 aliphatic rings. The van der Waals surface area contributed by atoms with Crippen LogP contribution in [0.15, 0.2) is 0 Å². The molecule has 0 fully saturated rings. The maximum Gasteiger partial charge on any atom is 0.0841 e. The Morgan fingerprint density at radius 2 is 1.36 bits per heavy atom. The van der Waals surface area contributed by atoms with Gasteiger partial charge in [0.2, 0.25) is 0 Å². The van der Waals surface area contributed by atoms with Crippen LogP contribution >= 0.6 is 0 Å². The number of hydrogen-bond acceptors (Lipinski definition) is 1. The van der Waals surface area contributed by atoms with Crippen LogP contribution in [-0.4, -0.2) is 0 Å². The fraction of sp³-hybridized carbons (Fsp3) is 0.600. The van der Waals surface area contributed by atoms with Gasteiger partial charge in [-0.05, 0) is 12.8 Å². The molecule has 1 nitrogen and oxygen atoms in total. The first-order valence-corrected chi connectivity index (χ1v) is 4.29. The molecule has 0 aromatic carbocycles. The third-order valence-electron chi connectivity index (χ3n) is 1.34. The van der Waals surface area contributed by atoms with E-state index in [0.29, 0.717) is 0 Å². The Hall–Kier alpha value is -0.0400. The predicted octanol–water partition coefficient (Wildman–Crippen LogP) is 3.34. The number of hydrogen-bond donors (Lipinski definition) is 0. The zero-order valence-electron chi connectivity index (χ0n) is 7.22.